The zero-order valence-electron chi connectivity index (χ0n) is 12.3. The molecule has 1 saturated heterocycles. The van der Waals surface area contributed by atoms with Gasteiger partial charge in [-0.05, 0) is 44.1 Å². The van der Waals surface area contributed by atoms with Crippen LogP contribution in [0.5, 0.6) is 0 Å². The number of likely N-dealkylation sites (tertiary alicyclic amines) is 1. The number of aliphatic hydroxyl groups is 1. The number of rotatable bonds is 4. The van der Waals surface area contributed by atoms with Crippen molar-refractivity contribution in [1.82, 2.24) is 4.90 Å². The molecule has 0 amide bonds. The Labute approximate surface area is 113 Å². The molecule has 2 unspecified atom stereocenters. The van der Waals surface area contributed by atoms with Crippen LogP contribution in [0.25, 0.3) is 0 Å². The van der Waals surface area contributed by atoms with Crippen LogP contribution in [0.15, 0.2) is 0 Å². The topological polar surface area (TPSA) is 23.5 Å². The van der Waals surface area contributed by atoms with Crippen LogP contribution in [-0.4, -0.2) is 35.2 Å². The van der Waals surface area contributed by atoms with Crippen LogP contribution in [0, 0.1) is 11.8 Å². The van der Waals surface area contributed by atoms with Crippen molar-refractivity contribution in [2.45, 2.75) is 70.8 Å². The summed E-state index contributed by atoms with van der Waals surface area (Å²) in [5, 5.41) is 11.1. The highest BCUT2D eigenvalue weighted by Crippen LogP contribution is 2.43. The average molecular weight is 253 g/mol. The Hall–Kier alpha value is -0.0800. The normalized spacial score (nSPS) is 33.5. The molecule has 0 aromatic carbocycles. The van der Waals surface area contributed by atoms with Crippen LogP contribution in [-0.2, 0) is 0 Å². The zero-order valence-corrected chi connectivity index (χ0v) is 12.3. The van der Waals surface area contributed by atoms with Crippen LogP contribution >= 0.6 is 0 Å². The molecule has 1 saturated carbocycles. The summed E-state index contributed by atoms with van der Waals surface area (Å²) in [7, 11) is 0. The van der Waals surface area contributed by atoms with Gasteiger partial charge in [0.05, 0.1) is 5.60 Å². The summed E-state index contributed by atoms with van der Waals surface area (Å²) in [5.41, 5.74) is -0.342. The molecule has 1 heterocycles. The quantitative estimate of drug-likeness (QED) is 0.829. The molecular weight excluding hydrogens is 222 g/mol. The van der Waals surface area contributed by atoms with E-state index in [1.807, 2.05) is 0 Å². The molecule has 2 aliphatic rings. The first-order valence-electron chi connectivity index (χ1n) is 8.14. The van der Waals surface area contributed by atoms with Crippen molar-refractivity contribution in [2.75, 3.05) is 19.6 Å². The maximum atomic E-state index is 11.1. The van der Waals surface area contributed by atoms with Crippen molar-refractivity contribution < 1.29 is 5.11 Å². The van der Waals surface area contributed by atoms with Crippen LogP contribution in [0.4, 0.5) is 0 Å². The Bertz CT molecular complexity index is 245. The number of piperidine rings is 1. The van der Waals surface area contributed by atoms with E-state index in [1.165, 1.54) is 45.1 Å². The summed E-state index contributed by atoms with van der Waals surface area (Å²) in [6.45, 7) is 7.97. The van der Waals surface area contributed by atoms with E-state index in [4.69, 9.17) is 0 Å². The van der Waals surface area contributed by atoms with E-state index in [2.05, 4.69) is 18.7 Å². The molecule has 106 valence electrons. The van der Waals surface area contributed by atoms with Crippen molar-refractivity contribution in [3.05, 3.63) is 0 Å². The van der Waals surface area contributed by atoms with Gasteiger partial charge in [-0.15, -0.1) is 0 Å². The van der Waals surface area contributed by atoms with Gasteiger partial charge in [0.15, 0.2) is 0 Å². The number of hydrogen-bond donors (Lipinski definition) is 1. The van der Waals surface area contributed by atoms with E-state index >= 15 is 0 Å². The largest absolute Gasteiger partial charge is 0.389 e. The third kappa shape index (κ3) is 3.08. The molecule has 1 aliphatic carbocycles. The second-order valence-corrected chi connectivity index (χ2v) is 6.50. The lowest BCUT2D eigenvalue weighted by molar-refractivity contribution is -0.0963. The molecule has 0 spiro atoms. The van der Waals surface area contributed by atoms with Gasteiger partial charge in [0, 0.05) is 13.1 Å². The predicted molar refractivity (Wildman–Crippen MR) is 76.7 cm³/mol. The van der Waals surface area contributed by atoms with Gasteiger partial charge >= 0.3 is 0 Å². The maximum absolute atomic E-state index is 11.1. The monoisotopic (exact) mass is 253 g/mol. The second-order valence-electron chi connectivity index (χ2n) is 6.50. The molecule has 2 fully saturated rings. The molecule has 2 heteroatoms. The summed E-state index contributed by atoms with van der Waals surface area (Å²) in [5.74, 6) is 1.36. The van der Waals surface area contributed by atoms with Crippen LogP contribution in [0.3, 0.4) is 0 Å². The van der Waals surface area contributed by atoms with Crippen molar-refractivity contribution in [1.29, 1.82) is 0 Å². The molecule has 18 heavy (non-hydrogen) atoms. The molecular formula is C16H31NO. The Kier molecular flexibility index (Phi) is 5.08. The van der Waals surface area contributed by atoms with Gasteiger partial charge in [-0.25, -0.2) is 0 Å². The van der Waals surface area contributed by atoms with E-state index in [0.717, 1.165) is 31.8 Å². The minimum absolute atomic E-state index is 0.342. The Morgan fingerprint density at radius 1 is 1.11 bits per heavy atom. The SMILES string of the molecule is CCCN1CCC(O)(C2CCCCC2CC)CC1. The van der Waals surface area contributed by atoms with Gasteiger partial charge in [-0.2, -0.15) is 0 Å². The van der Waals surface area contributed by atoms with Gasteiger partial charge in [0.25, 0.3) is 0 Å². The van der Waals surface area contributed by atoms with E-state index in [9.17, 15) is 5.11 Å². The highest BCUT2D eigenvalue weighted by Gasteiger charge is 2.43. The molecule has 1 N–H and O–H groups in total. The first-order valence-corrected chi connectivity index (χ1v) is 8.14. The highest BCUT2D eigenvalue weighted by molar-refractivity contribution is 4.95. The number of hydrogen-bond acceptors (Lipinski definition) is 2. The van der Waals surface area contributed by atoms with Gasteiger partial charge in [-0.1, -0.05) is 39.5 Å². The smallest absolute Gasteiger partial charge is 0.0702 e. The lowest BCUT2D eigenvalue weighted by Crippen LogP contribution is -2.51. The standard InChI is InChI=1S/C16H31NO/c1-3-11-17-12-9-16(18,10-13-17)15-8-6-5-7-14(15)4-2/h14-15,18H,3-13H2,1-2H3. The van der Waals surface area contributed by atoms with Crippen molar-refractivity contribution in [3.63, 3.8) is 0 Å². The molecule has 0 aromatic heterocycles. The van der Waals surface area contributed by atoms with E-state index in [1.54, 1.807) is 0 Å². The third-order valence-corrected chi connectivity index (χ3v) is 5.39. The molecule has 0 aromatic rings. The zero-order chi connectivity index (χ0) is 13.0. The van der Waals surface area contributed by atoms with Crippen molar-refractivity contribution >= 4 is 0 Å². The first kappa shape index (κ1) is 14.3. The minimum Gasteiger partial charge on any atom is -0.389 e. The lowest BCUT2D eigenvalue weighted by atomic mass is 9.66. The Balaban J connectivity index is 1.94. The summed E-state index contributed by atoms with van der Waals surface area (Å²) >= 11 is 0. The first-order chi connectivity index (χ1) is 8.69. The fourth-order valence-electron chi connectivity index (χ4n) is 4.25. The molecule has 0 radical (unpaired) electrons. The van der Waals surface area contributed by atoms with Gasteiger partial charge in [0.1, 0.15) is 0 Å². The summed E-state index contributed by atoms with van der Waals surface area (Å²) < 4.78 is 0. The average Bonchev–Trinajstić information content (AvgIpc) is 2.42. The predicted octanol–water partition coefficient (Wildman–Crippen LogP) is 3.44. The molecule has 2 rings (SSSR count). The maximum Gasteiger partial charge on any atom is 0.0702 e. The molecule has 0 bridgehead atoms. The summed E-state index contributed by atoms with van der Waals surface area (Å²) in [6.07, 6.45) is 9.84. The fourth-order valence-corrected chi connectivity index (χ4v) is 4.25. The van der Waals surface area contributed by atoms with Gasteiger partial charge in [0.2, 0.25) is 0 Å². The van der Waals surface area contributed by atoms with Crippen LogP contribution in [0.1, 0.15) is 65.2 Å². The summed E-state index contributed by atoms with van der Waals surface area (Å²) in [6, 6.07) is 0. The van der Waals surface area contributed by atoms with E-state index < -0.39 is 0 Å². The third-order valence-electron chi connectivity index (χ3n) is 5.39. The van der Waals surface area contributed by atoms with Crippen LogP contribution in [0.2, 0.25) is 0 Å². The van der Waals surface area contributed by atoms with E-state index in [0.29, 0.717) is 5.92 Å². The van der Waals surface area contributed by atoms with Crippen molar-refractivity contribution in [3.8, 4) is 0 Å². The fraction of sp³-hybridized carbons (Fsp3) is 1.00. The minimum atomic E-state index is -0.342. The Morgan fingerprint density at radius 3 is 2.39 bits per heavy atom. The summed E-state index contributed by atoms with van der Waals surface area (Å²) in [4.78, 5) is 2.53. The van der Waals surface area contributed by atoms with Crippen LogP contribution < -0.4 is 0 Å². The van der Waals surface area contributed by atoms with Gasteiger partial charge < -0.3 is 10.0 Å². The second kappa shape index (κ2) is 6.38. The van der Waals surface area contributed by atoms with E-state index in [-0.39, 0.29) is 5.60 Å². The Morgan fingerprint density at radius 2 is 1.78 bits per heavy atom. The molecule has 2 atom stereocenters. The molecule has 2 nitrogen and oxygen atoms in total. The van der Waals surface area contributed by atoms with Gasteiger partial charge in [-0.3, -0.25) is 0 Å². The number of nitrogens with zero attached hydrogens (tertiary/aromatic N) is 1. The molecule has 1 aliphatic heterocycles. The lowest BCUT2D eigenvalue weighted by Gasteiger charge is -2.47. The highest BCUT2D eigenvalue weighted by atomic mass is 16.3. The van der Waals surface area contributed by atoms with Crippen molar-refractivity contribution in [2.24, 2.45) is 11.8 Å².